The molecule has 3 N–H and O–H groups in total. The van der Waals surface area contributed by atoms with E-state index >= 15 is 0 Å². The molecule has 102 valence electrons. The van der Waals surface area contributed by atoms with Crippen LogP contribution in [0, 0.1) is 0 Å². The van der Waals surface area contributed by atoms with Gasteiger partial charge in [-0.15, -0.1) is 0 Å². The fourth-order valence-corrected chi connectivity index (χ4v) is 1.70. The van der Waals surface area contributed by atoms with E-state index in [-0.39, 0.29) is 5.95 Å². The van der Waals surface area contributed by atoms with E-state index in [1.54, 1.807) is 13.2 Å². The fraction of sp³-hybridized carbons (Fsp3) is 0.667. The molecule has 0 fully saturated rings. The van der Waals surface area contributed by atoms with E-state index in [2.05, 4.69) is 34.0 Å². The lowest BCUT2D eigenvalue weighted by atomic mass is 10.3. The quantitative estimate of drug-likeness (QED) is 0.678. The first-order chi connectivity index (χ1) is 8.69. The average molecular weight is 253 g/mol. The Hall–Kier alpha value is -1.56. The largest absolute Gasteiger partial charge is 0.481 e. The van der Waals surface area contributed by atoms with Crippen LogP contribution in [-0.4, -0.2) is 48.2 Å². The Bertz CT molecular complexity index is 354. The maximum atomic E-state index is 5.58. The van der Waals surface area contributed by atoms with Gasteiger partial charge in [-0.3, -0.25) is 0 Å². The highest BCUT2D eigenvalue weighted by molar-refractivity contribution is 5.42. The summed E-state index contributed by atoms with van der Waals surface area (Å²) >= 11 is 0. The van der Waals surface area contributed by atoms with Gasteiger partial charge in [0.1, 0.15) is 5.82 Å². The maximum Gasteiger partial charge on any atom is 0.225 e. The Labute approximate surface area is 109 Å². The molecule has 0 amide bonds. The van der Waals surface area contributed by atoms with E-state index in [9.17, 15) is 0 Å². The third-order valence-electron chi connectivity index (χ3n) is 2.78. The van der Waals surface area contributed by atoms with Crippen molar-refractivity contribution >= 4 is 11.8 Å². The summed E-state index contributed by atoms with van der Waals surface area (Å²) in [6.45, 7) is 8.46. The molecule has 0 unspecified atom stereocenters. The Kier molecular flexibility index (Phi) is 6.21. The third-order valence-corrected chi connectivity index (χ3v) is 2.78. The second-order valence-corrected chi connectivity index (χ2v) is 3.96. The maximum absolute atomic E-state index is 5.58. The van der Waals surface area contributed by atoms with Crippen molar-refractivity contribution in [2.75, 3.05) is 44.3 Å². The lowest BCUT2D eigenvalue weighted by molar-refractivity contribution is 0.303. The monoisotopic (exact) mass is 253 g/mol. The summed E-state index contributed by atoms with van der Waals surface area (Å²) in [6.07, 6.45) is 1.06. The second kappa shape index (κ2) is 7.71. The predicted octanol–water partition coefficient (Wildman–Crippen LogP) is 1.21. The molecule has 0 aliphatic heterocycles. The van der Waals surface area contributed by atoms with Gasteiger partial charge in [0.2, 0.25) is 11.8 Å². The standard InChI is InChI=1S/C12H23N5O/c1-4-17(5-2)8-6-7-14-10-9-11(18-3)16-12(13)15-10/h9H,4-8H2,1-3H3,(H3,13,14,15,16). The molecule has 1 heterocycles. The van der Waals surface area contributed by atoms with Crippen LogP contribution in [0.15, 0.2) is 6.07 Å². The number of methoxy groups -OCH3 is 1. The molecular weight excluding hydrogens is 230 g/mol. The van der Waals surface area contributed by atoms with Crippen molar-refractivity contribution in [1.82, 2.24) is 14.9 Å². The van der Waals surface area contributed by atoms with Gasteiger partial charge < -0.3 is 20.7 Å². The van der Waals surface area contributed by atoms with Crippen LogP contribution in [0.4, 0.5) is 11.8 Å². The van der Waals surface area contributed by atoms with E-state index in [0.29, 0.717) is 11.7 Å². The molecule has 0 bridgehead atoms. The molecule has 6 nitrogen and oxygen atoms in total. The highest BCUT2D eigenvalue weighted by Gasteiger charge is 2.02. The number of nitrogen functional groups attached to an aromatic ring is 1. The van der Waals surface area contributed by atoms with Crippen LogP contribution in [0.2, 0.25) is 0 Å². The number of hydrogen-bond acceptors (Lipinski definition) is 6. The van der Waals surface area contributed by atoms with Gasteiger partial charge in [0, 0.05) is 12.6 Å². The van der Waals surface area contributed by atoms with Crippen molar-refractivity contribution in [2.45, 2.75) is 20.3 Å². The summed E-state index contributed by atoms with van der Waals surface area (Å²) in [5.41, 5.74) is 5.58. The van der Waals surface area contributed by atoms with Gasteiger partial charge in [-0.25, -0.2) is 0 Å². The Morgan fingerprint density at radius 3 is 2.67 bits per heavy atom. The number of ether oxygens (including phenoxy) is 1. The molecule has 1 aromatic rings. The molecular formula is C12H23N5O. The number of nitrogens with two attached hydrogens (primary N) is 1. The van der Waals surface area contributed by atoms with E-state index in [1.807, 2.05) is 0 Å². The molecule has 1 rings (SSSR count). The van der Waals surface area contributed by atoms with Crippen LogP contribution in [0.3, 0.4) is 0 Å². The predicted molar refractivity (Wildman–Crippen MR) is 73.9 cm³/mol. The van der Waals surface area contributed by atoms with Crippen molar-refractivity contribution in [2.24, 2.45) is 0 Å². The molecule has 0 saturated heterocycles. The van der Waals surface area contributed by atoms with Crippen LogP contribution in [0.5, 0.6) is 5.88 Å². The molecule has 0 radical (unpaired) electrons. The Balaban J connectivity index is 2.37. The number of rotatable bonds is 8. The summed E-state index contributed by atoms with van der Waals surface area (Å²) in [6, 6.07) is 1.74. The number of nitrogens with zero attached hydrogens (tertiary/aromatic N) is 3. The molecule has 0 atom stereocenters. The average Bonchev–Trinajstić information content (AvgIpc) is 2.38. The van der Waals surface area contributed by atoms with Gasteiger partial charge in [0.15, 0.2) is 0 Å². The summed E-state index contributed by atoms with van der Waals surface area (Å²) < 4.78 is 5.04. The lowest BCUT2D eigenvalue weighted by Crippen LogP contribution is -2.25. The zero-order valence-corrected chi connectivity index (χ0v) is 11.4. The third kappa shape index (κ3) is 4.75. The first-order valence-electron chi connectivity index (χ1n) is 6.34. The molecule has 0 aliphatic carbocycles. The highest BCUT2D eigenvalue weighted by atomic mass is 16.5. The van der Waals surface area contributed by atoms with E-state index in [1.165, 1.54) is 0 Å². The topological polar surface area (TPSA) is 76.3 Å². The number of anilines is 2. The second-order valence-electron chi connectivity index (χ2n) is 3.96. The summed E-state index contributed by atoms with van der Waals surface area (Å²) in [5, 5.41) is 3.23. The van der Waals surface area contributed by atoms with Crippen LogP contribution in [0.25, 0.3) is 0 Å². The number of aromatic nitrogens is 2. The molecule has 1 aromatic heterocycles. The minimum absolute atomic E-state index is 0.223. The van der Waals surface area contributed by atoms with Crippen molar-refractivity contribution in [1.29, 1.82) is 0 Å². The van der Waals surface area contributed by atoms with Gasteiger partial charge in [-0.05, 0) is 26.1 Å². The minimum Gasteiger partial charge on any atom is -0.481 e. The molecule has 0 aromatic carbocycles. The van der Waals surface area contributed by atoms with Gasteiger partial charge >= 0.3 is 0 Å². The van der Waals surface area contributed by atoms with Crippen molar-refractivity contribution in [3.05, 3.63) is 6.07 Å². The van der Waals surface area contributed by atoms with Gasteiger partial charge in [-0.1, -0.05) is 13.8 Å². The summed E-state index contributed by atoms with van der Waals surface area (Å²) in [4.78, 5) is 10.4. The molecule has 18 heavy (non-hydrogen) atoms. The smallest absolute Gasteiger partial charge is 0.225 e. The zero-order chi connectivity index (χ0) is 13.4. The molecule has 6 heteroatoms. The number of hydrogen-bond donors (Lipinski definition) is 2. The minimum atomic E-state index is 0.223. The van der Waals surface area contributed by atoms with Gasteiger partial charge in [0.05, 0.1) is 7.11 Å². The van der Waals surface area contributed by atoms with Crippen molar-refractivity contribution in [3.8, 4) is 5.88 Å². The Morgan fingerprint density at radius 1 is 1.33 bits per heavy atom. The van der Waals surface area contributed by atoms with E-state index in [0.717, 1.165) is 32.6 Å². The van der Waals surface area contributed by atoms with Crippen molar-refractivity contribution < 1.29 is 4.74 Å². The van der Waals surface area contributed by atoms with Gasteiger partial charge in [-0.2, -0.15) is 9.97 Å². The Morgan fingerprint density at radius 2 is 2.06 bits per heavy atom. The van der Waals surface area contributed by atoms with Crippen LogP contribution in [-0.2, 0) is 0 Å². The first kappa shape index (κ1) is 14.5. The van der Waals surface area contributed by atoms with Crippen LogP contribution >= 0.6 is 0 Å². The fourth-order valence-electron chi connectivity index (χ4n) is 1.70. The van der Waals surface area contributed by atoms with Crippen molar-refractivity contribution in [3.63, 3.8) is 0 Å². The summed E-state index contributed by atoms with van der Waals surface area (Å²) in [5.74, 6) is 1.41. The zero-order valence-electron chi connectivity index (χ0n) is 11.4. The highest BCUT2D eigenvalue weighted by Crippen LogP contribution is 2.13. The molecule has 0 aliphatic rings. The number of nitrogens with one attached hydrogen (secondary N) is 1. The van der Waals surface area contributed by atoms with E-state index in [4.69, 9.17) is 10.5 Å². The van der Waals surface area contributed by atoms with E-state index < -0.39 is 0 Å². The normalized spacial score (nSPS) is 10.7. The van der Waals surface area contributed by atoms with Crippen LogP contribution in [0.1, 0.15) is 20.3 Å². The lowest BCUT2D eigenvalue weighted by Gasteiger charge is -2.17. The first-order valence-corrected chi connectivity index (χ1v) is 6.34. The molecule has 0 saturated carbocycles. The van der Waals surface area contributed by atoms with Crippen LogP contribution < -0.4 is 15.8 Å². The molecule has 0 spiro atoms. The SMILES string of the molecule is CCN(CC)CCCNc1cc(OC)nc(N)n1. The summed E-state index contributed by atoms with van der Waals surface area (Å²) in [7, 11) is 1.56. The van der Waals surface area contributed by atoms with Gasteiger partial charge in [0.25, 0.3) is 0 Å².